The summed E-state index contributed by atoms with van der Waals surface area (Å²) in [4.78, 5) is 10.8. The highest BCUT2D eigenvalue weighted by Crippen LogP contribution is 2.35. The number of benzene rings is 1. The van der Waals surface area contributed by atoms with Crippen LogP contribution in [-0.2, 0) is 0 Å². The van der Waals surface area contributed by atoms with Crippen molar-refractivity contribution in [2.75, 3.05) is 0 Å². The van der Waals surface area contributed by atoms with Gasteiger partial charge in [-0.15, -0.1) is 0 Å². The summed E-state index contributed by atoms with van der Waals surface area (Å²) in [7, 11) is 0. The van der Waals surface area contributed by atoms with Gasteiger partial charge >= 0.3 is 5.97 Å². The number of rotatable bonds is 2. The number of aromatic nitrogens is 1. The van der Waals surface area contributed by atoms with Gasteiger partial charge in [-0.1, -0.05) is 16.8 Å². The highest BCUT2D eigenvalue weighted by molar-refractivity contribution is 6.34. The van der Waals surface area contributed by atoms with Gasteiger partial charge in [-0.25, -0.2) is 4.79 Å². The molecule has 0 aliphatic carbocycles. The van der Waals surface area contributed by atoms with Crippen LogP contribution in [0.1, 0.15) is 10.6 Å². The lowest BCUT2D eigenvalue weighted by atomic mass is 10.1. The van der Waals surface area contributed by atoms with E-state index in [9.17, 15) is 4.79 Å². The molecule has 1 aromatic carbocycles. The molecular formula is C12H6ClNO4. The Labute approximate surface area is 106 Å². The Morgan fingerprint density at radius 2 is 2.17 bits per heavy atom. The highest BCUT2D eigenvalue weighted by Gasteiger charge is 2.17. The molecule has 2 aromatic heterocycles. The first-order valence-electron chi connectivity index (χ1n) is 5.03. The van der Waals surface area contributed by atoms with E-state index >= 15 is 0 Å². The van der Waals surface area contributed by atoms with Crippen molar-refractivity contribution in [1.82, 2.24) is 5.16 Å². The Balaban J connectivity index is 2.26. The van der Waals surface area contributed by atoms with Gasteiger partial charge in [0.05, 0.1) is 11.3 Å². The van der Waals surface area contributed by atoms with Crippen molar-refractivity contribution in [3.8, 4) is 11.3 Å². The van der Waals surface area contributed by atoms with Gasteiger partial charge in [-0.3, -0.25) is 0 Å². The molecule has 0 aliphatic rings. The fourth-order valence-corrected chi connectivity index (χ4v) is 2.03. The van der Waals surface area contributed by atoms with Gasteiger partial charge in [0.2, 0.25) is 5.76 Å². The maximum absolute atomic E-state index is 10.8. The summed E-state index contributed by atoms with van der Waals surface area (Å²) in [5.74, 6) is -1.41. The number of halogens is 1. The van der Waals surface area contributed by atoms with Crippen molar-refractivity contribution in [3.63, 3.8) is 0 Å². The summed E-state index contributed by atoms with van der Waals surface area (Å²) >= 11 is 6.11. The lowest BCUT2D eigenvalue weighted by molar-refractivity contribution is 0.0652. The molecule has 3 rings (SSSR count). The Hall–Kier alpha value is -2.27. The predicted molar refractivity (Wildman–Crippen MR) is 63.7 cm³/mol. The largest absolute Gasteiger partial charge is 0.475 e. The normalized spacial score (nSPS) is 10.9. The van der Waals surface area contributed by atoms with Gasteiger partial charge in [0.15, 0.2) is 0 Å². The molecule has 0 radical (unpaired) electrons. The molecule has 18 heavy (non-hydrogen) atoms. The number of hydrogen-bond acceptors (Lipinski definition) is 4. The van der Waals surface area contributed by atoms with E-state index in [0.29, 0.717) is 21.9 Å². The van der Waals surface area contributed by atoms with Crippen molar-refractivity contribution in [3.05, 3.63) is 41.3 Å². The Kier molecular flexibility index (Phi) is 2.34. The highest BCUT2D eigenvalue weighted by atomic mass is 35.5. The number of nitrogens with zero attached hydrogens (tertiary/aromatic N) is 1. The molecule has 90 valence electrons. The van der Waals surface area contributed by atoms with E-state index in [1.54, 1.807) is 18.2 Å². The SMILES string of the molecule is O=C(O)c1cc(-c2c(Cl)ccc3occc23)no1. The lowest BCUT2D eigenvalue weighted by Crippen LogP contribution is -1.91. The monoisotopic (exact) mass is 263 g/mol. The molecule has 5 nitrogen and oxygen atoms in total. The molecule has 6 heteroatoms. The van der Waals surface area contributed by atoms with E-state index in [0.717, 1.165) is 5.39 Å². The lowest BCUT2D eigenvalue weighted by Gasteiger charge is -2.00. The van der Waals surface area contributed by atoms with Crippen molar-refractivity contribution in [2.45, 2.75) is 0 Å². The minimum absolute atomic E-state index is 0.235. The number of aromatic carboxylic acids is 1. The molecule has 0 saturated heterocycles. The van der Waals surface area contributed by atoms with Crippen LogP contribution in [0.5, 0.6) is 0 Å². The van der Waals surface area contributed by atoms with Gasteiger partial charge < -0.3 is 14.0 Å². The first-order valence-corrected chi connectivity index (χ1v) is 5.40. The van der Waals surface area contributed by atoms with E-state index in [1.807, 2.05) is 0 Å². The molecule has 0 unspecified atom stereocenters. The topological polar surface area (TPSA) is 76.5 Å². The summed E-state index contributed by atoms with van der Waals surface area (Å²) < 4.78 is 9.98. The summed E-state index contributed by atoms with van der Waals surface area (Å²) in [6, 6.07) is 6.47. The molecule has 2 heterocycles. The zero-order chi connectivity index (χ0) is 12.7. The smallest absolute Gasteiger partial charge is 0.374 e. The third kappa shape index (κ3) is 1.56. The fraction of sp³-hybridized carbons (Fsp3) is 0. The number of carbonyl (C=O) groups is 1. The van der Waals surface area contributed by atoms with Crippen molar-refractivity contribution in [2.24, 2.45) is 0 Å². The van der Waals surface area contributed by atoms with Crippen molar-refractivity contribution in [1.29, 1.82) is 0 Å². The number of carboxylic acids is 1. The van der Waals surface area contributed by atoms with Crippen LogP contribution in [0.2, 0.25) is 5.02 Å². The van der Waals surface area contributed by atoms with Crippen LogP contribution < -0.4 is 0 Å². The van der Waals surface area contributed by atoms with Gasteiger partial charge in [0, 0.05) is 17.0 Å². The first-order chi connectivity index (χ1) is 8.66. The van der Waals surface area contributed by atoms with Gasteiger partial charge in [-0.2, -0.15) is 0 Å². The maximum Gasteiger partial charge on any atom is 0.374 e. The van der Waals surface area contributed by atoms with Crippen LogP contribution >= 0.6 is 11.6 Å². The van der Waals surface area contributed by atoms with Crippen LogP contribution in [0.25, 0.3) is 22.2 Å². The molecule has 0 amide bonds. The third-order valence-corrected chi connectivity index (χ3v) is 2.88. The van der Waals surface area contributed by atoms with Gasteiger partial charge in [-0.05, 0) is 18.2 Å². The Morgan fingerprint density at radius 1 is 1.33 bits per heavy atom. The third-order valence-electron chi connectivity index (χ3n) is 2.56. The van der Waals surface area contributed by atoms with Crippen LogP contribution in [0, 0.1) is 0 Å². The number of furan rings is 1. The average molecular weight is 264 g/mol. The summed E-state index contributed by atoms with van der Waals surface area (Å²) in [6.45, 7) is 0. The standard InChI is InChI=1S/C12H6ClNO4/c13-7-1-2-9-6(3-4-17-9)11(7)8-5-10(12(15)16)18-14-8/h1-5H,(H,15,16). The zero-order valence-electron chi connectivity index (χ0n) is 8.88. The molecule has 0 atom stereocenters. The number of carboxylic acid groups (broad SMARTS) is 1. The number of hydrogen-bond donors (Lipinski definition) is 1. The van der Waals surface area contributed by atoms with Crippen LogP contribution in [-0.4, -0.2) is 16.2 Å². The second kappa shape index (κ2) is 3.89. The predicted octanol–water partition coefficient (Wildman–Crippen LogP) is 3.44. The molecule has 3 aromatic rings. The van der Waals surface area contributed by atoms with Crippen molar-refractivity contribution < 1.29 is 18.8 Å². The minimum atomic E-state index is -1.18. The molecule has 1 N–H and O–H groups in total. The van der Waals surface area contributed by atoms with Gasteiger partial charge in [0.1, 0.15) is 11.3 Å². The van der Waals surface area contributed by atoms with Crippen LogP contribution in [0.3, 0.4) is 0 Å². The summed E-state index contributed by atoms with van der Waals surface area (Å²) in [5.41, 5.74) is 1.61. The Morgan fingerprint density at radius 3 is 2.89 bits per heavy atom. The molecule has 0 spiro atoms. The van der Waals surface area contributed by atoms with Crippen LogP contribution in [0.15, 0.2) is 39.5 Å². The molecule has 0 bridgehead atoms. The molecule has 0 fully saturated rings. The molecular weight excluding hydrogens is 258 g/mol. The minimum Gasteiger partial charge on any atom is -0.475 e. The molecule has 0 aliphatic heterocycles. The second-order valence-corrected chi connectivity index (χ2v) is 4.04. The van der Waals surface area contributed by atoms with Crippen molar-refractivity contribution >= 4 is 28.5 Å². The summed E-state index contributed by atoms with van der Waals surface area (Å²) in [6.07, 6.45) is 1.53. The van der Waals surface area contributed by atoms with Gasteiger partial charge in [0.25, 0.3) is 0 Å². The first kappa shape index (κ1) is 10.9. The van der Waals surface area contributed by atoms with E-state index < -0.39 is 5.97 Å². The zero-order valence-corrected chi connectivity index (χ0v) is 9.64. The average Bonchev–Trinajstić information content (AvgIpc) is 2.95. The maximum atomic E-state index is 10.8. The van der Waals surface area contributed by atoms with E-state index in [2.05, 4.69) is 5.16 Å². The number of fused-ring (bicyclic) bond motifs is 1. The van der Waals surface area contributed by atoms with Crippen LogP contribution in [0.4, 0.5) is 0 Å². The Bertz CT molecular complexity index is 743. The van der Waals surface area contributed by atoms with E-state index in [-0.39, 0.29) is 5.76 Å². The second-order valence-electron chi connectivity index (χ2n) is 3.64. The van der Waals surface area contributed by atoms with E-state index in [1.165, 1.54) is 12.3 Å². The fourth-order valence-electron chi connectivity index (χ4n) is 1.77. The summed E-state index contributed by atoms with van der Waals surface area (Å²) in [5, 5.41) is 13.7. The van der Waals surface area contributed by atoms with E-state index in [4.69, 9.17) is 25.6 Å². The molecule has 0 saturated carbocycles. The quantitative estimate of drug-likeness (QED) is 0.766.